The molecule has 26 heavy (non-hydrogen) atoms. The Labute approximate surface area is 160 Å². The zero-order chi connectivity index (χ0) is 18.2. The van der Waals surface area contributed by atoms with Crippen molar-refractivity contribution in [3.05, 3.63) is 40.3 Å². The normalized spacial score (nSPS) is 17.2. The molecule has 2 aromatic heterocycles. The number of aryl methyl sites for hydroxylation is 1. The minimum Gasteiger partial charge on any atom is -0.357 e. The van der Waals surface area contributed by atoms with Gasteiger partial charge in [-0.3, -0.25) is 9.67 Å². The van der Waals surface area contributed by atoms with Crippen LogP contribution in [0.4, 0.5) is 0 Å². The molecule has 0 amide bonds. The second kappa shape index (κ2) is 9.21. The summed E-state index contributed by atoms with van der Waals surface area (Å²) in [4.78, 5) is 6.49. The number of nitrogens with one attached hydrogen (secondary N) is 2. The highest BCUT2D eigenvalue weighted by atomic mass is 32.1. The first-order chi connectivity index (χ1) is 12.7. The minimum absolute atomic E-state index is 0.234. The maximum absolute atomic E-state index is 4.98. The molecule has 0 bridgehead atoms. The third-order valence-electron chi connectivity index (χ3n) is 5.20. The van der Waals surface area contributed by atoms with Crippen molar-refractivity contribution in [2.24, 2.45) is 12.0 Å². The highest BCUT2D eigenvalue weighted by Crippen LogP contribution is 2.41. The highest BCUT2D eigenvalue weighted by Gasteiger charge is 2.34. The van der Waals surface area contributed by atoms with Crippen molar-refractivity contribution >= 4 is 17.3 Å². The van der Waals surface area contributed by atoms with Crippen molar-refractivity contribution in [3.8, 4) is 0 Å². The monoisotopic (exact) mass is 373 g/mol. The van der Waals surface area contributed by atoms with Gasteiger partial charge in [0.2, 0.25) is 0 Å². The number of thiophene rings is 1. The smallest absolute Gasteiger partial charge is 0.191 e. The summed E-state index contributed by atoms with van der Waals surface area (Å²) in [6.07, 6.45) is 11.5. The predicted molar refractivity (Wildman–Crippen MR) is 110 cm³/mol. The van der Waals surface area contributed by atoms with E-state index in [1.54, 1.807) is 0 Å². The van der Waals surface area contributed by atoms with Crippen LogP contribution in [-0.2, 0) is 18.9 Å². The third-order valence-corrected chi connectivity index (χ3v) is 6.32. The van der Waals surface area contributed by atoms with Crippen LogP contribution < -0.4 is 10.6 Å². The van der Waals surface area contributed by atoms with E-state index >= 15 is 0 Å². The molecule has 2 N–H and O–H groups in total. The average Bonchev–Trinajstić information content (AvgIpc) is 3.33. The molecule has 1 aliphatic carbocycles. The molecule has 0 saturated heterocycles. The number of hydrogen-bond donors (Lipinski definition) is 2. The average molecular weight is 374 g/mol. The van der Waals surface area contributed by atoms with E-state index in [1.807, 2.05) is 29.3 Å². The summed E-state index contributed by atoms with van der Waals surface area (Å²) in [5.74, 6) is 0.929. The van der Waals surface area contributed by atoms with Crippen LogP contribution in [0.25, 0.3) is 0 Å². The van der Waals surface area contributed by atoms with E-state index in [-0.39, 0.29) is 5.41 Å². The SMILES string of the molecule is CCNC(=NCC1(c2cccs2)CCCCC1)NCCc1cnn(C)c1. The summed E-state index contributed by atoms with van der Waals surface area (Å²) < 4.78 is 1.85. The quantitative estimate of drug-likeness (QED) is 0.577. The van der Waals surface area contributed by atoms with E-state index in [2.05, 4.69) is 46.4 Å². The molecule has 1 saturated carbocycles. The molecule has 1 aliphatic rings. The molecule has 0 aliphatic heterocycles. The molecule has 3 rings (SSSR count). The lowest BCUT2D eigenvalue weighted by Crippen LogP contribution is -2.40. The molecule has 0 unspecified atom stereocenters. The van der Waals surface area contributed by atoms with Gasteiger partial charge in [0.1, 0.15) is 0 Å². The van der Waals surface area contributed by atoms with Gasteiger partial charge in [-0.05, 0) is 43.2 Å². The first-order valence-electron chi connectivity index (χ1n) is 9.75. The Hall–Kier alpha value is -1.82. The van der Waals surface area contributed by atoms with Crippen LogP contribution in [0.15, 0.2) is 34.9 Å². The zero-order valence-corrected chi connectivity index (χ0v) is 16.8. The summed E-state index contributed by atoms with van der Waals surface area (Å²) in [6.45, 7) is 4.73. The summed E-state index contributed by atoms with van der Waals surface area (Å²) >= 11 is 1.89. The van der Waals surface area contributed by atoms with Gasteiger partial charge in [-0.2, -0.15) is 5.10 Å². The fourth-order valence-corrected chi connectivity index (χ4v) is 4.77. The van der Waals surface area contributed by atoms with Crippen LogP contribution in [-0.4, -0.2) is 35.4 Å². The molecule has 142 valence electrons. The Morgan fingerprint density at radius 3 is 2.81 bits per heavy atom. The van der Waals surface area contributed by atoms with E-state index in [1.165, 1.54) is 42.5 Å². The standard InChI is InChI=1S/C20H31N5S/c1-3-21-19(22-12-9-17-14-24-25(2)15-17)23-16-20(10-5-4-6-11-20)18-8-7-13-26-18/h7-8,13-15H,3-6,9-12,16H2,1-2H3,(H2,21,22,23). The van der Waals surface area contributed by atoms with Crippen molar-refractivity contribution in [1.82, 2.24) is 20.4 Å². The van der Waals surface area contributed by atoms with E-state index in [9.17, 15) is 0 Å². The second-order valence-electron chi connectivity index (χ2n) is 7.21. The van der Waals surface area contributed by atoms with Gasteiger partial charge in [-0.25, -0.2) is 0 Å². The number of aromatic nitrogens is 2. The van der Waals surface area contributed by atoms with Crippen LogP contribution in [0.2, 0.25) is 0 Å². The van der Waals surface area contributed by atoms with E-state index < -0.39 is 0 Å². The molecule has 6 heteroatoms. The van der Waals surface area contributed by atoms with Gasteiger partial charge in [0.15, 0.2) is 5.96 Å². The van der Waals surface area contributed by atoms with Gasteiger partial charge in [0.25, 0.3) is 0 Å². The highest BCUT2D eigenvalue weighted by molar-refractivity contribution is 7.10. The van der Waals surface area contributed by atoms with Crippen molar-refractivity contribution in [2.75, 3.05) is 19.6 Å². The molecule has 5 nitrogen and oxygen atoms in total. The Morgan fingerprint density at radius 2 is 2.15 bits per heavy atom. The van der Waals surface area contributed by atoms with E-state index in [0.717, 1.165) is 32.0 Å². The topological polar surface area (TPSA) is 54.2 Å². The van der Waals surface area contributed by atoms with Crippen LogP contribution in [0.5, 0.6) is 0 Å². The fraction of sp³-hybridized carbons (Fsp3) is 0.600. The van der Waals surface area contributed by atoms with Crippen LogP contribution in [0.1, 0.15) is 49.5 Å². The largest absolute Gasteiger partial charge is 0.357 e. The lowest BCUT2D eigenvalue weighted by molar-refractivity contribution is 0.306. The number of nitrogens with zero attached hydrogens (tertiary/aromatic N) is 3. The molecule has 0 radical (unpaired) electrons. The van der Waals surface area contributed by atoms with Gasteiger partial charge in [0.05, 0.1) is 12.7 Å². The molecular formula is C20H31N5S. The van der Waals surface area contributed by atoms with Crippen LogP contribution in [0.3, 0.4) is 0 Å². The number of guanidine groups is 1. The summed E-state index contributed by atoms with van der Waals surface area (Å²) in [5.41, 5.74) is 1.48. The summed E-state index contributed by atoms with van der Waals surface area (Å²) in [6, 6.07) is 4.48. The zero-order valence-electron chi connectivity index (χ0n) is 16.0. The first-order valence-corrected chi connectivity index (χ1v) is 10.6. The Morgan fingerprint density at radius 1 is 1.31 bits per heavy atom. The van der Waals surface area contributed by atoms with Crippen molar-refractivity contribution < 1.29 is 0 Å². The van der Waals surface area contributed by atoms with Gasteiger partial charge in [-0.1, -0.05) is 25.3 Å². The summed E-state index contributed by atoms with van der Waals surface area (Å²) in [7, 11) is 1.96. The Kier molecular flexibility index (Phi) is 6.72. The molecule has 0 spiro atoms. The Bertz CT molecular complexity index is 683. The number of rotatable bonds is 7. The van der Waals surface area contributed by atoms with Crippen molar-refractivity contribution in [1.29, 1.82) is 0 Å². The summed E-state index contributed by atoms with van der Waals surface area (Å²) in [5, 5.41) is 13.3. The van der Waals surface area contributed by atoms with Crippen LogP contribution in [0, 0.1) is 0 Å². The van der Waals surface area contributed by atoms with Crippen molar-refractivity contribution in [3.63, 3.8) is 0 Å². The van der Waals surface area contributed by atoms with E-state index in [4.69, 9.17) is 4.99 Å². The predicted octanol–water partition coefficient (Wildman–Crippen LogP) is 3.48. The fourth-order valence-electron chi connectivity index (χ4n) is 3.79. The third kappa shape index (κ3) is 4.87. The van der Waals surface area contributed by atoms with Gasteiger partial charge >= 0.3 is 0 Å². The maximum atomic E-state index is 4.98. The van der Waals surface area contributed by atoms with Crippen molar-refractivity contribution in [2.45, 2.75) is 50.9 Å². The second-order valence-corrected chi connectivity index (χ2v) is 8.16. The van der Waals surface area contributed by atoms with Gasteiger partial charge in [-0.15, -0.1) is 11.3 Å². The minimum atomic E-state index is 0.234. The lowest BCUT2D eigenvalue weighted by atomic mass is 9.73. The first kappa shape index (κ1) is 19.0. The maximum Gasteiger partial charge on any atom is 0.191 e. The molecular weight excluding hydrogens is 342 g/mol. The molecule has 0 atom stereocenters. The molecule has 2 aromatic rings. The van der Waals surface area contributed by atoms with Gasteiger partial charge in [0, 0.05) is 36.6 Å². The number of hydrogen-bond acceptors (Lipinski definition) is 3. The number of aliphatic imine (C=N–C) groups is 1. The molecule has 1 fully saturated rings. The Balaban J connectivity index is 1.62. The van der Waals surface area contributed by atoms with E-state index in [0.29, 0.717) is 0 Å². The molecule has 0 aromatic carbocycles. The lowest BCUT2D eigenvalue weighted by Gasteiger charge is -2.35. The van der Waals surface area contributed by atoms with Crippen LogP contribution >= 0.6 is 11.3 Å². The van der Waals surface area contributed by atoms with Gasteiger partial charge < -0.3 is 10.6 Å². The molecule has 2 heterocycles.